The second-order valence-corrected chi connectivity index (χ2v) is 2.93. The molecule has 12 heavy (non-hydrogen) atoms. The summed E-state index contributed by atoms with van der Waals surface area (Å²) in [5.74, 6) is 1.08. The van der Waals surface area contributed by atoms with Crippen molar-refractivity contribution in [3.63, 3.8) is 0 Å². The number of hydrogen-bond acceptors (Lipinski definition) is 3. The number of nitrogen functional groups attached to an aromatic ring is 1. The lowest BCUT2D eigenvalue weighted by molar-refractivity contribution is 0.411. The molecule has 3 nitrogen and oxygen atoms in total. The Hall–Kier alpha value is -0.960. The summed E-state index contributed by atoms with van der Waals surface area (Å²) in [4.78, 5) is 4.05. The zero-order chi connectivity index (χ0) is 9.30. The summed E-state index contributed by atoms with van der Waals surface area (Å²) in [6, 6.07) is 0. The third-order valence-corrected chi connectivity index (χ3v) is 2.18. The van der Waals surface area contributed by atoms with Crippen molar-refractivity contribution in [1.82, 2.24) is 4.98 Å². The molecule has 0 aromatic carbocycles. The SMILES string of the molecule is COc1c(C)c(N)nc(C)c1Cl. The van der Waals surface area contributed by atoms with E-state index in [1.165, 1.54) is 0 Å². The van der Waals surface area contributed by atoms with Gasteiger partial charge in [0.05, 0.1) is 12.8 Å². The number of ether oxygens (including phenoxy) is 1. The highest BCUT2D eigenvalue weighted by molar-refractivity contribution is 6.32. The van der Waals surface area contributed by atoms with Crippen molar-refractivity contribution in [2.24, 2.45) is 0 Å². The fraction of sp³-hybridized carbons (Fsp3) is 0.375. The molecule has 1 aromatic rings. The topological polar surface area (TPSA) is 48.1 Å². The number of anilines is 1. The van der Waals surface area contributed by atoms with Crippen LogP contribution in [0.1, 0.15) is 11.3 Å². The molecule has 1 heterocycles. The Kier molecular flexibility index (Phi) is 2.43. The van der Waals surface area contributed by atoms with Gasteiger partial charge in [-0.3, -0.25) is 0 Å². The van der Waals surface area contributed by atoms with Crippen molar-refractivity contribution < 1.29 is 4.74 Å². The quantitative estimate of drug-likeness (QED) is 0.729. The third kappa shape index (κ3) is 1.32. The number of hydrogen-bond donors (Lipinski definition) is 1. The van der Waals surface area contributed by atoms with Crippen molar-refractivity contribution in [1.29, 1.82) is 0 Å². The second kappa shape index (κ2) is 3.19. The summed E-state index contributed by atoms with van der Waals surface area (Å²) in [7, 11) is 1.56. The molecule has 0 atom stereocenters. The highest BCUT2D eigenvalue weighted by Crippen LogP contribution is 2.32. The van der Waals surface area contributed by atoms with Crippen LogP contribution in [0.25, 0.3) is 0 Å². The van der Waals surface area contributed by atoms with Crippen LogP contribution < -0.4 is 10.5 Å². The van der Waals surface area contributed by atoms with Crippen molar-refractivity contribution in [2.45, 2.75) is 13.8 Å². The first-order valence-electron chi connectivity index (χ1n) is 3.54. The summed E-state index contributed by atoms with van der Waals surface area (Å²) in [5.41, 5.74) is 7.09. The van der Waals surface area contributed by atoms with Gasteiger partial charge in [-0.25, -0.2) is 4.98 Å². The molecule has 0 aliphatic rings. The van der Waals surface area contributed by atoms with Gasteiger partial charge in [-0.2, -0.15) is 0 Å². The molecule has 4 heteroatoms. The van der Waals surface area contributed by atoms with Gasteiger partial charge in [-0.1, -0.05) is 11.6 Å². The van der Waals surface area contributed by atoms with Crippen LogP contribution >= 0.6 is 11.6 Å². The van der Waals surface area contributed by atoms with Crippen LogP contribution in [-0.2, 0) is 0 Å². The van der Waals surface area contributed by atoms with E-state index in [1.54, 1.807) is 14.0 Å². The van der Waals surface area contributed by atoms with E-state index in [9.17, 15) is 0 Å². The minimum atomic E-state index is 0.466. The Morgan fingerprint density at radius 3 is 2.50 bits per heavy atom. The molecule has 2 N–H and O–H groups in total. The normalized spacial score (nSPS) is 10.0. The number of pyridine rings is 1. The number of aryl methyl sites for hydroxylation is 1. The lowest BCUT2D eigenvalue weighted by Crippen LogP contribution is -2.00. The molecule has 0 fully saturated rings. The smallest absolute Gasteiger partial charge is 0.145 e. The van der Waals surface area contributed by atoms with Gasteiger partial charge in [0, 0.05) is 5.56 Å². The van der Waals surface area contributed by atoms with Crippen LogP contribution in [0.4, 0.5) is 5.82 Å². The fourth-order valence-electron chi connectivity index (χ4n) is 1.00. The zero-order valence-electron chi connectivity index (χ0n) is 7.31. The minimum absolute atomic E-state index is 0.466. The molecule has 0 amide bonds. The molecule has 0 unspecified atom stereocenters. The molecule has 1 rings (SSSR count). The Bertz CT molecular complexity index is 286. The summed E-state index contributed by atoms with van der Waals surface area (Å²) >= 11 is 5.93. The van der Waals surface area contributed by atoms with Crippen LogP contribution in [0.3, 0.4) is 0 Å². The number of halogens is 1. The second-order valence-electron chi connectivity index (χ2n) is 2.55. The maximum atomic E-state index is 5.93. The van der Waals surface area contributed by atoms with Crippen molar-refractivity contribution in [3.05, 3.63) is 16.3 Å². The number of methoxy groups -OCH3 is 1. The number of aromatic nitrogens is 1. The molecule has 66 valence electrons. The van der Waals surface area contributed by atoms with Gasteiger partial charge in [0.25, 0.3) is 0 Å². The van der Waals surface area contributed by atoms with E-state index >= 15 is 0 Å². The molecule has 0 radical (unpaired) electrons. The number of nitrogens with two attached hydrogens (primary N) is 1. The highest BCUT2D eigenvalue weighted by atomic mass is 35.5. The van der Waals surface area contributed by atoms with Gasteiger partial charge < -0.3 is 10.5 Å². The standard InChI is InChI=1S/C8H11ClN2O/c1-4-7(12-3)6(9)5(2)11-8(4)10/h1-3H3,(H2,10,11). The predicted octanol–water partition coefficient (Wildman–Crippen LogP) is 1.94. The largest absolute Gasteiger partial charge is 0.495 e. The van der Waals surface area contributed by atoms with E-state index in [4.69, 9.17) is 22.1 Å². The van der Waals surface area contributed by atoms with E-state index in [0.717, 1.165) is 5.56 Å². The highest BCUT2D eigenvalue weighted by Gasteiger charge is 2.11. The van der Waals surface area contributed by atoms with E-state index in [-0.39, 0.29) is 0 Å². The van der Waals surface area contributed by atoms with Crippen LogP contribution in [-0.4, -0.2) is 12.1 Å². The molecule has 0 aliphatic carbocycles. The average molecular weight is 187 g/mol. The van der Waals surface area contributed by atoms with Crippen LogP contribution in [0.2, 0.25) is 5.02 Å². The van der Waals surface area contributed by atoms with E-state index in [0.29, 0.717) is 22.3 Å². The average Bonchev–Trinajstić information content (AvgIpc) is 2.02. The molecule has 0 saturated heterocycles. The Morgan fingerprint density at radius 1 is 1.42 bits per heavy atom. The maximum absolute atomic E-state index is 5.93. The van der Waals surface area contributed by atoms with Gasteiger partial charge in [0.1, 0.15) is 16.6 Å². The van der Waals surface area contributed by atoms with Gasteiger partial charge >= 0.3 is 0 Å². The predicted molar refractivity (Wildman–Crippen MR) is 49.7 cm³/mol. The van der Waals surface area contributed by atoms with E-state index < -0.39 is 0 Å². The molecular formula is C8H11ClN2O. The monoisotopic (exact) mass is 186 g/mol. The van der Waals surface area contributed by atoms with Crippen LogP contribution in [0.15, 0.2) is 0 Å². The first-order valence-corrected chi connectivity index (χ1v) is 3.92. The molecule has 0 aliphatic heterocycles. The van der Waals surface area contributed by atoms with Crippen molar-refractivity contribution in [2.75, 3.05) is 12.8 Å². The summed E-state index contributed by atoms with van der Waals surface area (Å²) in [5, 5.41) is 0.532. The van der Waals surface area contributed by atoms with Crippen molar-refractivity contribution >= 4 is 17.4 Å². The summed E-state index contributed by atoms with van der Waals surface area (Å²) in [6.45, 7) is 3.62. The first-order chi connectivity index (χ1) is 5.57. The van der Waals surface area contributed by atoms with E-state index in [1.807, 2.05) is 6.92 Å². The molecule has 0 spiro atoms. The summed E-state index contributed by atoms with van der Waals surface area (Å²) in [6.07, 6.45) is 0. The van der Waals surface area contributed by atoms with Crippen LogP contribution in [0.5, 0.6) is 5.75 Å². The zero-order valence-corrected chi connectivity index (χ0v) is 8.07. The molecule has 1 aromatic heterocycles. The fourth-order valence-corrected chi connectivity index (χ4v) is 1.26. The Morgan fingerprint density at radius 2 is 2.00 bits per heavy atom. The minimum Gasteiger partial charge on any atom is -0.495 e. The maximum Gasteiger partial charge on any atom is 0.145 e. The van der Waals surface area contributed by atoms with Gasteiger partial charge in [-0.15, -0.1) is 0 Å². The Balaban J connectivity index is 3.42. The Labute approximate surface area is 76.5 Å². The van der Waals surface area contributed by atoms with Gasteiger partial charge in [0.15, 0.2) is 0 Å². The van der Waals surface area contributed by atoms with Gasteiger partial charge in [0.2, 0.25) is 0 Å². The molecular weight excluding hydrogens is 176 g/mol. The van der Waals surface area contributed by atoms with Crippen LogP contribution in [0, 0.1) is 13.8 Å². The van der Waals surface area contributed by atoms with E-state index in [2.05, 4.69) is 4.98 Å². The lowest BCUT2D eigenvalue weighted by atomic mass is 10.2. The van der Waals surface area contributed by atoms with Gasteiger partial charge in [-0.05, 0) is 13.8 Å². The first kappa shape index (κ1) is 9.13. The number of rotatable bonds is 1. The lowest BCUT2D eigenvalue weighted by Gasteiger charge is -2.10. The third-order valence-electron chi connectivity index (χ3n) is 1.73. The molecule has 0 bridgehead atoms. The summed E-state index contributed by atoms with van der Waals surface area (Å²) < 4.78 is 5.09. The van der Waals surface area contributed by atoms with Crippen molar-refractivity contribution in [3.8, 4) is 5.75 Å². The number of nitrogens with zero attached hydrogens (tertiary/aromatic N) is 1. The molecule has 0 saturated carbocycles.